The van der Waals surface area contributed by atoms with Gasteiger partial charge in [-0.25, -0.2) is 0 Å². The number of anilines is 2. The van der Waals surface area contributed by atoms with Crippen molar-refractivity contribution in [1.29, 1.82) is 0 Å². The number of hydrogen-bond donors (Lipinski definition) is 2. The highest BCUT2D eigenvalue weighted by molar-refractivity contribution is 7.99. The summed E-state index contributed by atoms with van der Waals surface area (Å²) >= 11 is 1.22. The molecule has 4 rings (SSSR count). The third-order valence-electron chi connectivity index (χ3n) is 4.61. The average Bonchev–Trinajstić information content (AvgIpc) is 3.20. The molecular formula is C22H20N6O3S. The van der Waals surface area contributed by atoms with E-state index in [1.54, 1.807) is 46.9 Å². The van der Waals surface area contributed by atoms with E-state index in [-0.39, 0.29) is 23.1 Å². The van der Waals surface area contributed by atoms with E-state index in [0.29, 0.717) is 39.8 Å². The first-order valence-electron chi connectivity index (χ1n) is 9.76. The Morgan fingerprint density at radius 1 is 1.06 bits per heavy atom. The third-order valence-corrected chi connectivity index (χ3v) is 5.54. The van der Waals surface area contributed by atoms with Gasteiger partial charge in [-0.15, -0.1) is 16.8 Å². The van der Waals surface area contributed by atoms with E-state index in [9.17, 15) is 14.4 Å². The van der Waals surface area contributed by atoms with Crippen LogP contribution >= 0.6 is 11.8 Å². The Hall–Kier alpha value is -3.92. The Balaban J connectivity index is 1.56. The monoisotopic (exact) mass is 448 g/mol. The number of hydrogen-bond acceptors (Lipinski definition) is 6. The van der Waals surface area contributed by atoms with Crippen LogP contribution in [0.1, 0.15) is 6.92 Å². The molecule has 0 saturated carbocycles. The average molecular weight is 449 g/mol. The zero-order chi connectivity index (χ0) is 22.7. The molecule has 0 aliphatic heterocycles. The topological polar surface area (TPSA) is 110 Å². The lowest BCUT2D eigenvalue weighted by Gasteiger charge is -2.10. The molecule has 162 valence electrons. The Labute approximate surface area is 187 Å². The molecule has 2 N–H and O–H groups in total. The maximum atomic E-state index is 12.8. The Bertz CT molecular complexity index is 1390. The quantitative estimate of drug-likeness (QED) is 0.332. The molecule has 0 atom stereocenters. The Morgan fingerprint density at radius 2 is 1.75 bits per heavy atom. The molecule has 0 aliphatic rings. The van der Waals surface area contributed by atoms with E-state index in [1.165, 1.54) is 23.3 Å². The molecule has 9 nitrogen and oxygen atoms in total. The molecule has 0 saturated heterocycles. The largest absolute Gasteiger partial charge is 0.326 e. The van der Waals surface area contributed by atoms with E-state index in [0.717, 1.165) is 0 Å². The Kier molecular flexibility index (Phi) is 6.04. The number of nitrogens with zero attached hydrogens (tertiary/aromatic N) is 4. The molecule has 10 heteroatoms. The minimum absolute atomic E-state index is 0.100. The molecule has 0 unspecified atom stereocenters. The number of rotatable bonds is 7. The van der Waals surface area contributed by atoms with Gasteiger partial charge in [-0.3, -0.25) is 23.4 Å². The molecule has 2 aromatic carbocycles. The van der Waals surface area contributed by atoms with Crippen LogP contribution in [0.25, 0.3) is 16.7 Å². The molecule has 32 heavy (non-hydrogen) atoms. The second-order valence-corrected chi connectivity index (χ2v) is 7.88. The van der Waals surface area contributed by atoms with Crippen molar-refractivity contribution in [3.05, 3.63) is 71.5 Å². The summed E-state index contributed by atoms with van der Waals surface area (Å²) in [7, 11) is 0. The second-order valence-electron chi connectivity index (χ2n) is 6.93. The van der Waals surface area contributed by atoms with Crippen molar-refractivity contribution in [1.82, 2.24) is 19.2 Å². The summed E-state index contributed by atoms with van der Waals surface area (Å²) in [6.45, 7) is 5.44. The maximum Gasteiger partial charge on any atom is 0.263 e. The predicted molar refractivity (Wildman–Crippen MR) is 125 cm³/mol. The van der Waals surface area contributed by atoms with Gasteiger partial charge in [0.2, 0.25) is 17.6 Å². The van der Waals surface area contributed by atoms with E-state index >= 15 is 0 Å². The van der Waals surface area contributed by atoms with Crippen molar-refractivity contribution in [3.8, 4) is 0 Å². The number of fused-ring (bicyclic) bond motifs is 3. The smallest absolute Gasteiger partial charge is 0.263 e. The van der Waals surface area contributed by atoms with Gasteiger partial charge in [-0.1, -0.05) is 30.0 Å². The molecule has 2 aromatic heterocycles. The number of para-hydroxylation sites is 1. The van der Waals surface area contributed by atoms with Crippen molar-refractivity contribution >= 4 is 51.6 Å². The molecule has 0 radical (unpaired) electrons. The Morgan fingerprint density at radius 3 is 2.44 bits per heavy atom. The number of thioether (sulfide) groups is 1. The van der Waals surface area contributed by atoms with E-state index in [4.69, 9.17) is 0 Å². The van der Waals surface area contributed by atoms with Crippen molar-refractivity contribution in [2.24, 2.45) is 0 Å². The minimum Gasteiger partial charge on any atom is -0.326 e. The van der Waals surface area contributed by atoms with E-state index < -0.39 is 0 Å². The van der Waals surface area contributed by atoms with Gasteiger partial charge in [0.1, 0.15) is 0 Å². The first-order valence-corrected chi connectivity index (χ1v) is 10.7. The fourth-order valence-electron chi connectivity index (χ4n) is 3.29. The number of benzene rings is 2. The molecular weight excluding hydrogens is 428 g/mol. The van der Waals surface area contributed by atoms with Crippen LogP contribution in [0.5, 0.6) is 0 Å². The first kappa shape index (κ1) is 21.3. The number of nitrogens with one attached hydrogen (secondary N) is 2. The fourth-order valence-corrected chi connectivity index (χ4v) is 4.03. The van der Waals surface area contributed by atoms with Crippen LogP contribution in [0, 0.1) is 0 Å². The summed E-state index contributed by atoms with van der Waals surface area (Å²) < 4.78 is 3.28. The van der Waals surface area contributed by atoms with Crippen LogP contribution < -0.4 is 16.2 Å². The van der Waals surface area contributed by atoms with Gasteiger partial charge in [0.25, 0.3) is 5.56 Å². The maximum absolute atomic E-state index is 12.8. The van der Waals surface area contributed by atoms with Crippen LogP contribution in [0.2, 0.25) is 0 Å². The summed E-state index contributed by atoms with van der Waals surface area (Å²) in [6, 6.07) is 14.1. The minimum atomic E-state index is -0.220. The molecule has 0 bridgehead atoms. The van der Waals surface area contributed by atoms with E-state index in [2.05, 4.69) is 27.4 Å². The zero-order valence-corrected chi connectivity index (χ0v) is 18.1. The molecule has 2 amide bonds. The van der Waals surface area contributed by atoms with Crippen molar-refractivity contribution in [2.45, 2.75) is 18.6 Å². The third kappa shape index (κ3) is 4.26. The van der Waals surface area contributed by atoms with Gasteiger partial charge in [0.05, 0.1) is 16.7 Å². The standard InChI is InChI=1S/C22H20N6O3S/c1-3-12-27-20(31)17-6-4-5-7-18(17)28-21(27)25-26-22(28)32-13-19(30)24-16-10-8-15(9-11-16)23-14(2)29/h3-11H,1,12-13H2,2H3,(H,23,29)(H,24,30). The van der Waals surface area contributed by atoms with Crippen LogP contribution in [-0.4, -0.2) is 36.7 Å². The second kappa shape index (κ2) is 9.06. The fraction of sp³-hybridized carbons (Fsp3) is 0.136. The highest BCUT2D eigenvalue weighted by atomic mass is 32.2. The zero-order valence-electron chi connectivity index (χ0n) is 17.2. The summed E-state index contributed by atoms with van der Waals surface area (Å²) in [4.78, 5) is 36.4. The van der Waals surface area contributed by atoms with Crippen LogP contribution in [0.3, 0.4) is 0 Å². The van der Waals surface area contributed by atoms with Crippen LogP contribution in [-0.2, 0) is 16.1 Å². The SMILES string of the molecule is C=CCn1c(=O)c2ccccc2n2c(SCC(=O)Nc3ccc(NC(C)=O)cc3)nnc12. The van der Waals surface area contributed by atoms with Gasteiger partial charge in [0, 0.05) is 24.8 Å². The summed E-state index contributed by atoms with van der Waals surface area (Å²) in [6.07, 6.45) is 1.63. The molecule has 4 aromatic rings. The molecule has 0 fully saturated rings. The highest BCUT2D eigenvalue weighted by Gasteiger charge is 2.17. The molecule has 0 aliphatic carbocycles. The first-order chi connectivity index (χ1) is 15.5. The van der Waals surface area contributed by atoms with Crippen molar-refractivity contribution in [3.63, 3.8) is 0 Å². The number of carbonyl (C=O) groups is 2. The molecule has 2 heterocycles. The van der Waals surface area contributed by atoms with Crippen molar-refractivity contribution < 1.29 is 9.59 Å². The molecule has 0 spiro atoms. The van der Waals surface area contributed by atoms with E-state index in [1.807, 2.05) is 12.1 Å². The number of aromatic nitrogens is 4. The summed E-state index contributed by atoms with van der Waals surface area (Å²) in [5, 5.41) is 14.9. The lowest BCUT2D eigenvalue weighted by molar-refractivity contribution is -0.114. The van der Waals surface area contributed by atoms with Crippen LogP contribution in [0.4, 0.5) is 11.4 Å². The van der Waals surface area contributed by atoms with Crippen LogP contribution in [0.15, 0.2) is 71.1 Å². The van der Waals surface area contributed by atoms with Gasteiger partial charge >= 0.3 is 0 Å². The van der Waals surface area contributed by atoms with Crippen molar-refractivity contribution in [2.75, 3.05) is 16.4 Å². The lowest BCUT2D eigenvalue weighted by atomic mass is 10.2. The number of amides is 2. The number of carbonyl (C=O) groups excluding carboxylic acids is 2. The van der Waals surface area contributed by atoms with Gasteiger partial charge in [-0.2, -0.15) is 0 Å². The summed E-state index contributed by atoms with van der Waals surface area (Å²) in [5.74, 6) is 0.112. The number of allylic oxidation sites excluding steroid dienone is 1. The lowest BCUT2D eigenvalue weighted by Crippen LogP contribution is -2.22. The van der Waals surface area contributed by atoms with Gasteiger partial charge < -0.3 is 10.6 Å². The highest BCUT2D eigenvalue weighted by Crippen LogP contribution is 2.22. The summed E-state index contributed by atoms with van der Waals surface area (Å²) in [5.41, 5.74) is 1.77. The normalized spacial score (nSPS) is 10.9. The van der Waals surface area contributed by atoms with Gasteiger partial charge in [-0.05, 0) is 36.4 Å². The van der Waals surface area contributed by atoms with Gasteiger partial charge in [0.15, 0.2) is 5.16 Å². The predicted octanol–water partition coefficient (Wildman–Crippen LogP) is 2.92.